The number of rotatable bonds is 4. The monoisotopic (exact) mass is 285 g/mol. The molecule has 108 valence electrons. The van der Waals surface area contributed by atoms with Crippen LogP contribution >= 0.6 is 0 Å². The van der Waals surface area contributed by atoms with Crippen LogP contribution in [0.3, 0.4) is 0 Å². The molecule has 6 nitrogen and oxygen atoms in total. The molecule has 2 aromatic rings. The van der Waals surface area contributed by atoms with E-state index in [1.54, 1.807) is 37.5 Å². The van der Waals surface area contributed by atoms with Gasteiger partial charge in [-0.3, -0.25) is 9.78 Å². The number of carbonyl (C=O) groups is 2. The van der Waals surface area contributed by atoms with E-state index in [-0.39, 0.29) is 12.5 Å². The second-order valence-corrected chi connectivity index (χ2v) is 4.35. The third-order valence-electron chi connectivity index (χ3n) is 3.01. The number of aromatic nitrogens is 1. The molecule has 1 aromatic carbocycles. The van der Waals surface area contributed by atoms with Crippen LogP contribution < -0.4 is 11.1 Å². The molecule has 0 saturated heterocycles. The van der Waals surface area contributed by atoms with E-state index in [2.05, 4.69) is 16.9 Å². The van der Waals surface area contributed by atoms with Crippen LogP contribution in [0.4, 0.5) is 4.79 Å². The number of fused-ring (bicyclic) bond motifs is 1. The van der Waals surface area contributed by atoms with Crippen LogP contribution in [0.15, 0.2) is 37.0 Å². The standard InChI is InChI=1S/C15H15N3O3/c1-9(8-21-15(16)20)10-4-3-5-11-12(14(19)17-2)6-7-18-13(10)11/h3-7H,1,8H2,2H3,(H2,16,20)(H,17,19). The lowest BCUT2D eigenvalue weighted by Gasteiger charge is -2.11. The van der Waals surface area contributed by atoms with E-state index in [0.717, 1.165) is 0 Å². The number of benzene rings is 1. The van der Waals surface area contributed by atoms with Gasteiger partial charge < -0.3 is 15.8 Å². The molecule has 1 heterocycles. The molecule has 2 rings (SSSR count). The number of hydrogen-bond donors (Lipinski definition) is 2. The molecule has 0 aliphatic heterocycles. The Morgan fingerprint density at radius 2 is 2.10 bits per heavy atom. The number of carbonyl (C=O) groups excluding carboxylic acids is 2. The van der Waals surface area contributed by atoms with Crippen molar-refractivity contribution in [2.24, 2.45) is 5.73 Å². The van der Waals surface area contributed by atoms with Gasteiger partial charge >= 0.3 is 6.09 Å². The highest BCUT2D eigenvalue weighted by atomic mass is 16.5. The van der Waals surface area contributed by atoms with Crippen LogP contribution in [0.2, 0.25) is 0 Å². The Morgan fingerprint density at radius 1 is 1.33 bits per heavy atom. The Balaban J connectivity index is 2.49. The number of nitrogens with zero attached hydrogens (tertiary/aromatic N) is 1. The summed E-state index contributed by atoms with van der Waals surface area (Å²) in [5.74, 6) is -0.196. The van der Waals surface area contributed by atoms with Crippen LogP contribution in [0, 0.1) is 0 Å². The minimum atomic E-state index is -0.865. The normalized spacial score (nSPS) is 10.1. The Labute approximate surface area is 121 Å². The van der Waals surface area contributed by atoms with E-state index in [1.165, 1.54) is 0 Å². The molecule has 0 radical (unpaired) electrons. The fourth-order valence-corrected chi connectivity index (χ4v) is 2.03. The fourth-order valence-electron chi connectivity index (χ4n) is 2.03. The van der Waals surface area contributed by atoms with Crippen LogP contribution in [0.1, 0.15) is 15.9 Å². The summed E-state index contributed by atoms with van der Waals surface area (Å²) in [4.78, 5) is 26.8. The molecule has 0 aliphatic carbocycles. The van der Waals surface area contributed by atoms with Crippen molar-refractivity contribution in [2.75, 3.05) is 13.7 Å². The minimum Gasteiger partial charge on any atom is -0.445 e. The number of para-hydroxylation sites is 1. The van der Waals surface area contributed by atoms with Crippen molar-refractivity contribution in [2.45, 2.75) is 0 Å². The van der Waals surface area contributed by atoms with Crippen molar-refractivity contribution in [1.82, 2.24) is 10.3 Å². The van der Waals surface area contributed by atoms with Gasteiger partial charge in [0.1, 0.15) is 6.61 Å². The summed E-state index contributed by atoms with van der Waals surface area (Å²) in [5.41, 5.74) is 7.35. The van der Waals surface area contributed by atoms with Gasteiger partial charge in [-0.15, -0.1) is 0 Å². The molecule has 0 bridgehead atoms. The highest BCUT2D eigenvalue weighted by Gasteiger charge is 2.13. The number of ether oxygens (including phenoxy) is 1. The molecule has 0 unspecified atom stereocenters. The van der Waals surface area contributed by atoms with Crippen molar-refractivity contribution in [3.63, 3.8) is 0 Å². The average molecular weight is 285 g/mol. The van der Waals surface area contributed by atoms with E-state index in [9.17, 15) is 9.59 Å². The van der Waals surface area contributed by atoms with Crippen LogP contribution in [-0.4, -0.2) is 30.6 Å². The summed E-state index contributed by atoms with van der Waals surface area (Å²) in [7, 11) is 1.57. The number of nitrogens with one attached hydrogen (secondary N) is 1. The highest BCUT2D eigenvalue weighted by molar-refractivity contribution is 6.07. The largest absolute Gasteiger partial charge is 0.445 e. The van der Waals surface area contributed by atoms with Crippen LogP contribution in [0.5, 0.6) is 0 Å². The van der Waals surface area contributed by atoms with Gasteiger partial charge in [-0.25, -0.2) is 4.79 Å². The van der Waals surface area contributed by atoms with E-state index in [0.29, 0.717) is 27.6 Å². The Hall–Kier alpha value is -2.89. The van der Waals surface area contributed by atoms with Gasteiger partial charge in [-0.2, -0.15) is 0 Å². The van der Waals surface area contributed by atoms with Gasteiger partial charge in [0.05, 0.1) is 11.1 Å². The number of nitrogens with two attached hydrogens (primary N) is 1. The second-order valence-electron chi connectivity index (χ2n) is 4.35. The Kier molecular flexibility index (Phi) is 4.18. The van der Waals surface area contributed by atoms with E-state index in [4.69, 9.17) is 10.5 Å². The van der Waals surface area contributed by atoms with Crippen molar-refractivity contribution in [3.05, 3.63) is 48.2 Å². The molecule has 0 saturated carbocycles. The van der Waals surface area contributed by atoms with Gasteiger partial charge in [0, 0.05) is 24.2 Å². The maximum absolute atomic E-state index is 11.9. The first-order chi connectivity index (χ1) is 10.0. The lowest BCUT2D eigenvalue weighted by molar-refractivity contribution is 0.0964. The molecule has 21 heavy (non-hydrogen) atoms. The molecular formula is C15H15N3O3. The van der Waals surface area contributed by atoms with E-state index < -0.39 is 6.09 Å². The van der Waals surface area contributed by atoms with Crippen molar-refractivity contribution < 1.29 is 14.3 Å². The third-order valence-corrected chi connectivity index (χ3v) is 3.01. The predicted molar refractivity (Wildman–Crippen MR) is 79.7 cm³/mol. The first-order valence-corrected chi connectivity index (χ1v) is 6.24. The first-order valence-electron chi connectivity index (χ1n) is 6.24. The fraction of sp³-hybridized carbons (Fsp3) is 0.133. The van der Waals surface area contributed by atoms with Gasteiger partial charge in [-0.1, -0.05) is 24.8 Å². The van der Waals surface area contributed by atoms with Gasteiger partial charge in [0.2, 0.25) is 0 Å². The van der Waals surface area contributed by atoms with E-state index in [1.807, 2.05) is 0 Å². The molecule has 3 N–H and O–H groups in total. The van der Waals surface area contributed by atoms with Crippen molar-refractivity contribution in [1.29, 1.82) is 0 Å². The number of amides is 2. The average Bonchev–Trinajstić information content (AvgIpc) is 2.50. The van der Waals surface area contributed by atoms with Crippen LogP contribution in [-0.2, 0) is 4.74 Å². The second kappa shape index (κ2) is 6.04. The predicted octanol–water partition coefficient (Wildman–Crippen LogP) is 1.70. The summed E-state index contributed by atoms with van der Waals surface area (Å²) in [6.45, 7) is 3.84. The van der Waals surface area contributed by atoms with Crippen molar-refractivity contribution >= 4 is 28.5 Å². The zero-order valence-corrected chi connectivity index (χ0v) is 11.6. The molecular weight excluding hydrogens is 270 g/mol. The number of pyridine rings is 1. The minimum absolute atomic E-state index is 0.0275. The van der Waals surface area contributed by atoms with Crippen molar-refractivity contribution in [3.8, 4) is 0 Å². The topological polar surface area (TPSA) is 94.3 Å². The maximum atomic E-state index is 11.9. The smallest absolute Gasteiger partial charge is 0.404 e. The number of hydrogen-bond acceptors (Lipinski definition) is 4. The molecule has 6 heteroatoms. The maximum Gasteiger partial charge on any atom is 0.404 e. The van der Waals surface area contributed by atoms with E-state index >= 15 is 0 Å². The third kappa shape index (κ3) is 3.00. The number of primary amides is 1. The van der Waals surface area contributed by atoms with Crippen LogP contribution in [0.25, 0.3) is 16.5 Å². The molecule has 1 aromatic heterocycles. The van der Waals surface area contributed by atoms with Gasteiger partial charge in [-0.05, 0) is 11.6 Å². The first kappa shape index (κ1) is 14.5. The summed E-state index contributed by atoms with van der Waals surface area (Å²) in [6, 6.07) is 7.04. The Bertz CT molecular complexity index is 725. The lowest BCUT2D eigenvalue weighted by atomic mass is 10.0. The molecule has 0 spiro atoms. The molecule has 0 aliphatic rings. The zero-order chi connectivity index (χ0) is 15.4. The molecule has 0 fully saturated rings. The Morgan fingerprint density at radius 3 is 2.76 bits per heavy atom. The molecule has 0 atom stereocenters. The molecule has 2 amide bonds. The summed E-state index contributed by atoms with van der Waals surface area (Å²) in [5, 5.41) is 3.29. The summed E-state index contributed by atoms with van der Waals surface area (Å²) >= 11 is 0. The highest BCUT2D eigenvalue weighted by Crippen LogP contribution is 2.25. The van der Waals surface area contributed by atoms with Gasteiger partial charge in [0.15, 0.2) is 0 Å². The SMILES string of the molecule is C=C(COC(N)=O)c1cccc2c(C(=O)NC)ccnc12. The zero-order valence-electron chi connectivity index (χ0n) is 11.6. The summed E-state index contributed by atoms with van der Waals surface area (Å²) in [6.07, 6.45) is 0.689. The summed E-state index contributed by atoms with van der Waals surface area (Å²) < 4.78 is 4.74. The lowest BCUT2D eigenvalue weighted by Crippen LogP contribution is -2.18. The quantitative estimate of drug-likeness (QED) is 0.894. The van der Waals surface area contributed by atoms with Gasteiger partial charge in [0.25, 0.3) is 5.91 Å².